The Morgan fingerprint density at radius 1 is 1.53 bits per heavy atom. The van der Waals surface area contributed by atoms with Crippen molar-refractivity contribution in [2.45, 2.75) is 4.90 Å². The number of sulfonamides is 1. The number of aromatic carboxylic acids is 1. The van der Waals surface area contributed by atoms with E-state index in [0.29, 0.717) is 0 Å². The van der Waals surface area contributed by atoms with Crippen LogP contribution in [0, 0.1) is 0 Å². The molecule has 0 saturated heterocycles. The zero-order valence-electron chi connectivity index (χ0n) is 8.34. The molecule has 94 valence electrons. The molecule has 1 heterocycles. The number of aromatic amines is 1. The Kier molecular flexibility index (Phi) is 3.83. The molecule has 17 heavy (non-hydrogen) atoms. The van der Waals surface area contributed by atoms with E-state index in [4.69, 9.17) is 10.8 Å². The third-order valence-corrected chi connectivity index (χ3v) is 2.77. The average molecular weight is 263 g/mol. The number of rotatable bonds is 6. The van der Waals surface area contributed by atoms with Crippen LogP contribution >= 0.6 is 0 Å². The summed E-state index contributed by atoms with van der Waals surface area (Å²) in [5.74, 6) is -2.16. The Morgan fingerprint density at radius 3 is 2.65 bits per heavy atom. The Bertz CT molecular complexity index is 534. The number of carboxylic acids is 1. The van der Waals surface area contributed by atoms with Gasteiger partial charge in [0.2, 0.25) is 5.91 Å². The lowest BCUT2D eigenvalue weighted by Gasteiger charge is -2.02. The molecule has 0 atom stereocenters. The summed E-state index contributed by atoms with van der Waals surface area (Å²) in [5, 5.41) is 8.57. The van der Waals surface area contributed by atoms with Crippen molar-refractivity contribution in [2.24, 2.45) is 5.73 Å². The van der Waals surface area contributed by atoms with Crippen molar-refractivity contribution in [1.82, 2.24) is 9.87 Å². The molecule has 10 heteroatoms. The maximum Gasteiger partial charge on any atom is 0.352 e. The second-order valence-electron chi connectivity index (χ2n) is 2.90. The molecule has 0 bridgehead atoms. The highest BCUT2D eigenvalue weighted by Gasteiger charge is 2.18. The number of hydrogen-bond acceptors (Lipinski definition) is 5. The van der Waals surface area contributed by atoms with E-state index < -0.39 is 28.5 Å². The summed E-state index contributed by atoms with van der Waals surface area (Å²) in [6.45, 7) is -0.630. The van der Waals surface area contributed by atoms with E-state index in [0.717, 1.165) is 12.3 Å². The number of nitrogens with two attached hydrogens (primary N) is 1. The highest BCUT2D eigenvalue weighted by atomic mass is 32.2. The largest absolute Gasteiger partial charge is 0.477 e. The topological polar surface area (TPSA) is 152 Å². The maximum absolute atomic E-state index is 11.4. The van der Waals surface area contributed by atoms with Gasteiger partial charge in [-0.25, -0.2) is 13.2 Å². The first-order valence-electron chi connectivity index (χ1n) is 4.16. The molecule has 0 fully saturated rings. The fraction of sp³-hybridized carbons (Fsp3) is 0.143. The molecule has 0 spiro atoms. The summed E-state index contributed by atoms with van der Waals surface area (Å²) in [5.41, 5.74) is 4.43. The van der Waals surface area contributed by atoms with Gasteiger partial charge in [0, 0.05) is 6.20 Å². The number of carbonyl (C=O) groups excluding carboxylic acids is 1. The third kappa shape index (κ3) is 3.55. The zero-order valence-corrected chi connectivity index (χ0v) is 9.15. The van der Waals surface area contributed by atoms with Gasteiger partial charge in [-0.1, -0.05) is 4.89 Å². The van der Waals surface area contributed by atoms with E-state index in [1.807, 2.05) is 0 Å². The Morgan fingerprint density at radius 2 is 2.18 bits per heavy atom. The number of hydrogen-bond donors (Lipinski definition) is 4. The van der Waals surface area contributed by atoms with Crippen LogP contribution in [-0.2, 0) is 19.7 Å². The molecule has 1 aromatic heterocycles. The van der Waals surface area contributed by atoms with E-state index in [9.17, 15) is 18.0 Å². The van der Waals surface area contributed by atoms with Gasteiger partial charge in [0.15, 0.2) is 0 Å². The molecule has 0 aliphatic rings. The van der Waals surface area contributed by atoms with Gasteiger partial charge in [0.1, 0.15) is 17.2 Å². The van der Waals surface area contributed by atoms with Crippen molar-refractivity contribution >= 4 is 21.9 Å². The first-order chi connectivity index (χ1) is 7.83. The summed E-state index contributed by atoms with van der Waals surface area (Å²) in [6, 6.07) is 0.901. The fourth-order valence-electron chi connectivity index (χ4n) is 0.879. The van der Waals surface area contributed by atoms with Crippen molar-refractivity contribution in [3.05, 3.63) is 18.0 Å². The van der Waals surface area contributed by atoms with Gasteiger partial charge in [-0.05, 0) is 6.07 Å². The number of carbonyl (C=O) groups is 2. The van der Waals surface area contributed by atoms with Gasteiger partial charge in [0.25, 0.3) is 10.0 Å². The third-order valence-electron chi connectivity index (χ3n) is 1.58. The number of amides is 1. The Hall–Kier alpha value is -1.91. The van der Waals surface area contributed by atoms with Crippen LogP contribution in [0.1, 0.15) is 10.5 Å². The van der Waals surface area contributed by atoms with E-state index in [1.165, 1.54) is 0 Å². The van der Waals surface area contributed by atoms with Crippen molar-refractivity contribution in [3.63, 3.8) is 0 Å². The second kappa shape index (κ2) is 4.95. The quantitative estimate of drug-likeness (QED) is 0.454. The number of nitrogens with one attached hydrogen (secondary N) is 2. The predicted octanol–water partition coefficient (Wildman–Crippen LogP) is -1.59. The van der Waals surface area contributed by atoms with Crippen LogP contribution in [0.3, 0.4) is 0 Å². The lowest BCUT2D eigenvalue weighted by Crippen LogP contribution is -2.29. The molecule has 0 unspecified atom stereocenters. The Balaban J connectivity index is 2.75. The van der Waals surface area contributed by atoms with Crippen molar-refractivity contribution in [3.8, 4) is 0 Å². The lowest BCUT2D eigenvalue weighted by atomic mass is 10.4. The minimum Gasteiger partial charge on any atom is -0.477 e. The predicted molar refractivity (Wildman–Crippen MR) is 53.2 cm³/mol. The van der Waals surface area contributed by atoms with Gasteiger partial charge in [-0.15, -0.1) is 0 Å². The smallest absolute Gasteiger partial charge is 0.352 e. The molecule has 1 aromatic rings. The highest BCUT2D eigenvalue weighted by molar-refractivity contribution is 7.89. The van der Waals surface area contributed by atoms with Crippen molar-refractivity contribution in [1.29, 1.82) is 0 Å². The number of aromatic nitrogens is 1. The number of carboxylic acid groups (broad SMARTS) is 1. The van der Waals surface area contributed by atoms with E-state index in [-0.39, 0.29) is 10.6 Å². The molecule has 5 N–H and O–H groups in total. The van der Waals surface area contributed by atoms with Gasteiger partial charge >= 0.3 is 5.97 Å². The van der Waals surface area contributed by atoms with Gasteiger partial charge < -0.3 is 15.8 Å². The molecule has 0 aromatic carbocycles. The van der Waals surface area contributed by atoms with Crippen LogP contribution in [0.2, 0.25) is 0 Å². The van der Waals surface area contributed by atoms with Crippen LogP contribution in [0.5, 0.6) is 0 Å². The standard InChI is InChI=1S/C7H9N3O6S/c8-6(11)3-16-10-17(14,15)4-1-5(7(12)13)9-2-4/h1-2,9-10H,3H2,(H2,8,11)(H,12,13). The first-order valence-corrected chi connectivity index (χ1v) is 5.65. The second-order valence-corrected chi connectivity index (χ2v) is 4.54. The van der Waals surface area contributed by atoms with Crippen LogP contribution in [0.15, 0.2) is 17.2 Å². The van der Waals surface area contributed by atoms with Crippen LogP contribution in [0.25, 0.3) is 0 Å². The van der Waals surface area contributed by atoms with Crippen LogP contribution in [0.4, 0.5) is 0 Å². The summed E-state index contributed by atoms with van der Waals surface area (Å²) < 4.78 is 22.9. The summed E-state index contributed by atoms with van der Waals surface area (Å²) in [4.78, 5) is 28.6. The number of primary amides is 1. The summed E-state index contributed by atoms with van der Waals surface area (Å²) in [6.07, 6.45) is 0.972. The minimum absolute atomic E-state index is 0.291. The molecule has 0 aliphatic heterocycles. The molecule has 1 amide bonds. The SMILES string of the molecule is NC(=O)CONS(=O)(=O)c1c[nH]c(C(=O)O)c1. The monoisotopic (exact) mass is 263 g/mol. The molecular formula is C7H9N3O6S. The normalized spacial score (nSPS) is 11.3. The highest BCUT2D eigenvalue weighted by Crippen LogP contribution is 2.10. The van der Waals surface area contributed by atoms with Gasteiger partial charge in [-0.2, -0.15) is 0 Å². The minimum atomic E-state index is -4.04. The zero-order chi connectivity index (χ0) is 13.1. The summed E-state index contributed by atoms with van der Waals surface area (Å²) >= 11 is 0. The van der Waals surface area contributed by atoms with Crippen LogP contribution in [-0.4, -0.2) is 37.0 Å². The summed E-state index contributed by atoms with van der Waals surface area (Å²) in [7, 11) is -4.04. The average Bonchev–Trinajstić information content (AvgIpc) is 2.65. The van der Waals surface area contributed by atoms with E-state index in [1.54, 1.807) is 4.89 Å². The van der Waals surface area contributed by atoms with Crippen LogP contribution < -0.4 is 10.6 Å². The molecular weight excluding hydrogens is 254 g/mol. The fourth-order valence-corrected chi connectivity index (χ4v) is 1.68. The van der Waals surface area contributed by atoms with Gasteiger partial charge in [0.05, 0.1) is 0 Å². The van der Waals surface area contributed by atoms with Crippen molar-refractivity contribution < 1.29 is 28.0 Å². The number of H-pyrrole nitrogens is 1. The molecule has 1 rings (SSSR count). The lowest BCUT2D eigenvalue weighted by molar-refractivity contribution is -0.123. The van der Waals surface area contributed by atoms with E-state index >= 15 is 0 Å². The van der Waals surface area contributed by atoms with Crippen molar-refractivity contribution in [2.75, 3.05) is 6.61 Å². The van der Waals surface area contributed by atoms with Gasteiger partial charge in [-0.3, -0.25) is 9.63 Å². The molecule has 0 saturated carbocycles. The molecule has 0 aliphatic carbocycles. The first kappa shape index (κ1) is 13.2. The maximum atomic E-state index is 11.4. The molecule has 9 nitrogen and oxygen atoms in total. The Labute approximate surface area is 95.6 Å². The van der Waals surface area contributed by atoms with E-state index in [2.05, 4.69) is 9.82 Å². The molecule has 0 radical (unpaired) electrons.